The zero-order chi connectivity index (χ0) is 13.4. The molecular formula is C13H9BrClN3S. The Morgan fingerprint density at radius 3 is 2.89 bits per heavy atom. The number of nitrogens with one attached hydrogen (secondary N) is 1. The minimum atomic E-state index is 0.634. The third kappa shape index (κ3) is 2.41. The van der Waals surface area contributed by atoms with Crippen LogP contribution < -0.4 is 11.1 Å². The Bertz CT molecular complexity index is 757. The highest BCUT2D eigenvalue weighted by Gasteiger charge is 2.08. The normalized spacial score (nSPS) is 10.8. The van der Waals surface area contributed by atoms with Gasteiger partial charge in [-0.05, 0) is 30.3 Å². The monoisotopic (exact) mass is 353 g/mol. The summed E-state index contributed by atoms with van der Waals surface area (Å²) in [7, 11) is 0. The number of hydrogen-bond acceptors (Lipinski definition) is 4. The van der Waals surface area contributed by atoms with Gasteiger partial charge in [-0.25, -0.2) is 4.98 Å². The molecule has 6 heteroatoms. The molecule has 1 aromatic heterocycles. The van der Waals surface area contributed by atoms with E-state index in [1.807, 2.05) is 30.3 Å². The van der Waals surface area contributed by atoms with Gasteiger partial charge in [0.25, 0.3) is 0 Å². The Morgan fingerprint density at radius 1 is 1.21 bits per heavy atom. The molecule has 1 heterocycles. The van der Waals surface area contributed by atoms with Crippen LogP contribution in [0.4, 0.5) is 17.1 Å². The van der Waals surface area contributed by atoms with Crippen molar-refractivity contribution < 1.29 is 0 Å². The van der Waals surface area contributed by atoms with E-state index >= 15 is 0 Å². The van der Waals surface area contributed by atoms with E-state index in [0.29, 0.717) is 10.7 Å². The number of rotatable bonds is 2. The number of aromatic nitrogens is 1. The van der Waals surface area contributed by atoms with Crippen LogP contribution in [-0.4, -0.2) is 4.98 Å². The molecule has 0 aliphatic rings. The third-order valence-corrected chi connectivity index (χ3v) is 4.36. The number of anilines is 3. The maximum absolute atomic E-state index is 6.16. The maximum Gasteiger partial charge on any atom is 0.106 e. The second-order valence-corrected chi connectivity index (χ2v) is 6.18. The molecule has 0 saturated heterocycles. The average molecular weight is 355 g/mol. The first-order chi connectivity index (χ1) is 9.15. The number of halogens is 2. The van der Waals surface area contributed by atoms with E-state index in [1.165, 1.54) is 0 Å². The Balaban J connectivity index is 2.05. The van der Waals surface area contributed by atoms with Crippen molar-refractivity contribution in [2.45, 2.75) is 0 Å². The molecule has 19 heavy (non-hydrogen) atoms. The van der Waals surface area contributed by atoms with Gasteiger partial charge in [-0.3, -0.25) is 0 Å². The summed E-state index contributed by atoms with van der Waals surface area (Å²) in [5, 5.41) is 3.88. The van der Waals surface area contributed by atoms with E-state index in [2.05, 4.69) is 26.2 Å². The van der Waals surface area contributed by atoms with Gasteiger partial charge < -0.3 is 11.1 Å². The summed E-state index contributed by atoms with van der Waals surface area (Å²) in [5.41, 5.74) is 11.0. The van der Waals surface area contributed by atoms with Gasteiger partial charge >= 0.3 is 0 Å². The van der Waals surface area contributed by atoms with Gasteiger partial charge in [0.05, 0.1) is 32.3 Å². The van der Waals surface area contributed by atoms with Crippen LogP contribution in [0.15, 0.2) is 40.3 Å². The minimum absolute atomic E-state index is 0.634. The van der Waals surface area contributed by atoms with Crippen LogP contribution in [-0.2, 0) is 0 Å². The first kappa shape index (κ1) is 12.7. The fourth-order valence-corrected chi connectivity index (χ4v) is 3.02. The molecule has 0 spiro atoms. The summed E-state index contributed by atoms with van der Waals surface area (Å²) >= 11 is 11.1. The summed E-state index contributed by atoms with van der Waals surface area (Å²) < 4.78 is 2.02. The predicted molar refractivity (Wildman–Crippen MR) is 86.5 cm³/mol. The first-order valence-corrected chi connectivity index (χ1v) is 7.54. The average Bonchev–Trinajstić information content (AvgIpc) is 2.86. The molecule has 0 unspecified atom stereocenters. The molecule has 0 bridgehead atoms. The summed E-state index contributed by atoms with van der Waals surface area (Å²) in [6.07, 6.45) is 0. The Hall–Kier alpha value is -1.30. The van der Waals surface area contributed by atoms with Crippen molar-refractivity contribution in [1.29, 1.82) is 0 Å². The topological polar surface area (TPSA) is 50.9 Å². The number of nitrogens with zero attached hydrogens (tertiary/aromatic N) is 1. The molecule has 96 valence electrons. The second kappa shape index (κ2) is 5.00. The molecule has 0 aliphatic heterocycles. The molecule has 3 rings (SSSR count). The quantitative estimate of drug-likeness (QED) is 0.634. The van der Waals surface area contributed by atoms with E-state index in [9.17, 15) is 0 Å². The smallest absolute Gasteiger partial charge is 0.106 e. The van der Waals surface area contributed by atoms with Crippen LogP contribution >= 0.6 is 38.9 Å². The molecule has 0 aliphatic carbocycles. The number of thiazole rings is 1. The lowest BCUT2D eigenvalue weighted by Gasteiger charge is -2.11. The van der Waals surface area contributed by atoms with E-state index in [4.69, 9.17) is 17.3 Å². The summed E-state index contributed by atoms with van der Waals surface area (Å²) in [6, 6.07) is 9.56. The molecule has 0 saturated carbocycles. The zero-order valence-corrected chi connectivity index (χ0v) is 12.8. The van der Waals surface area contributed by atoms with Gasteiger partial charge in [-0.2, -0.15) is 0 Å². The number of nitrogens with two attached hydrogens (primary N) is 1. The van der Waals surface area contributed by atoms with Gasteiger partial charge in [0.1, 0.15) is 5.52 Å². The molecule has 0 fully saturated rings. The standard InChI is InChI=1S/C13H9BrClN3S/c14-7-1-2-8(15)10(5-7)18-9-3-4-11-13(12(9)16)17-6-19-11/h1-6,18H,16H2. The van der Waals surface area contributed by atoms with Crippen molar-refractivity contribution in [3.63, 3.8) is 0 Å². The summed E-state index contributed by atoms with van der Waals surface area (Å²) in [6.45, 7) is 0. The lowest BCUT2D eigenvalue weighted by Crippen LogP contribution is -1.97. The number of benzene rings is 2. The van der Waals surface area contributed by atoms with Crippen molar-refractivity contribution in [1.82, 2.24) is 4.98 Å². The Morgan fingerprint density at radius 2 is 2.05 bits per heavy atom. The molecule has 2 aromatic carbocycles. The maximum atomic E-state index is 6.16. The largest absolute Gasteiger partial charge is 0.395 e. The first-order valence-electron chi connectivity index (χ1n) is 5.49. The Kier molecular flexibility index (Phi) is 3.35. The van der Waals surface area contributed by atoms with Crippen LogP contribution in [0.3, 0.4) is 0 Å². The van der Waals surface area contributed by atoms with Crippen molar-refractivity contribution in [2.75, 3.05) is 11.1 Å². The molecule has 3 aromatic rings. The zero-order valence-electron chi connectivity index (χ0n) is 9.65. The fraction of sp³-hybridized carbons (Fsp3) is 0. The highest BCUT2D eigenvalue weighted by molar-refractivity contribution is 9.10. The Labute approximate surface area is 127 Å². The molecule has 0 amide bonds. The highest BCUT2D eigenvalue weighted by atomic mass is 79.9. The molecule has 0 atom stereocenters. The van der Waals surface area contributed by atoms with Gasteiger partial charge in [-0.1, -0.05) is 27.5 Å². The predicted octanol–water partition coefficient (Wildman–Crippen LogP) is 5.04. The SMILES string of the molecule is Nc1c(Nc2cc(Br)ccc2Cl)ccc2scnc12. The van der Waals surface area contributed by atoms with Gasteiger partial charge in [-0.15, -0.1) is 11.3 Å². The lowest BCUT2D eigenvalue weighted by molar-refractivity contribution is 1.48. The number of nitrogen functional groups attached to an aromatic ring is 1. The third-order valence-electron chi connectivity index (χ3n) is 2.74. The van der Waals surface area contributed by atoms with E-state index < -0.39 is 0 Å². The van der Waals surface area contributed by atoms with E-state index in [0.717, 1.165) is 26.1 Å². The van der Waals surface area contributed by atoms with Crippen molar-refractivity contribution in [3.8, 4) is 0 Å². The molecule has 3 N–H and O–H groups in total. The van der Waals surface area contributed by atoms with Crippen LogP contribution in [0.2, 0.25) is 5.02 Å². The second-order valence-electron chi connectivity index (χ2n) is 3.98. The highest BCUT2D eigenvalue weighted by Crippen LogP contribution is 2.34. The van der Waals surface area contributed by atoms with Gasteiger partial charge in [0, 0.05) is 4.47 Å². The number of fused-ring (bicyclic) bond motifs is 1. The van der Waals surface area contributed by atoms with Crippen LogP contribution in [0.5, 0.6) is 0 Å². The number of hydrogen-bond donors (Lipinski definition) is 2. The van der Waals surface area contributed by atoms with E-state index in [-0.39, 0.29) is 0 Å². The molecule has 3 nitrogen and oxygen atoms in total. The molecular weight excluding hydrogens is 346 g/mol. The van der Waals surface area contributed by atoms with Gasteiger partial charge in [0.2, 0.25) is 0 Å². The minimum Gasteiger partial charge on any atom is -0.395 e. The van der Waals surface area contributed by atoms with Crippen LogP contribution in [0.25, 0.3) is 10.2 Å². The summed E-state index contributed by atoms with van der Waals surface area (Å²) in [4.78, 5) is 4.27. The van der Waals surface area contributed by atoms with Crippen molar-refractivity contribution in [3.05, 3.63) is 45.3 Å². The van der Waals surface area contributed by atoms with Crippen LogP contribution in [0, 0.1) is 0 Å². The summed E-state index contributed by atoms with van der Waals surface area (Å²) in [5.74, 6) is 0. The van der Waals surface area contributed by atoms with Crippen molar-refractivity contribution >= 4 is 66.1 Å². The van der Waals surface area contributed by atoms with Crippen LogP contribution in [0.1, 0.15) is 0 Å². The van der Waals surface area contributed by atoms with Gasteiger partial charge in [0.15, 0.2) is 0 Å². The lowest BCUT2D eigenvalue weighted by atomic mass is 10.2. The molecule has 0 radical (unpaired) electrons. The van der Waals surface area contributed by atoms with Crippen molar-refractivity contribution in [2.24, 2.45) is 0 Å². The van der Waals surface area contributed by atoms with E-state index in [1.54, 1.807) is 16.8 Å². The fourth-order valence-electron chi connectivity index (χ4n) is 1.80.